The van der Waals surface area contributed by atoms with Crippen molar-refractivity contribution in [2.24, 2.45) is 5.92 Å². The van der Waals surface area contributed by atoms with Gasteiger partial charge in [-0.2, -0.15) is 5.10 Å². The number of piperazine rings is 1. The van der Waals surface area contributed by atoms with E-state index in [-0.39, 0.29) is 5.56 Å². The van der Waals surface area contributed by atoms with E-state index in [4.69, 9.17) is 0 Å². The molecule has 6 heteroatoms. The van der Waals surface area contributed by atoms with Crippen LogP contribution in [0.1, 0.15) is 19.4 Å². The minimum absolute atomic E-state index is 0.0433. The number of benzene rings is 1. The van der Waals surface area contributed by atoms with Crippen LogP contribution in [0.3, 0.4) is 0 Å². The molecule has 2 aromatic rings. The van der Waals surface area contributed by atoms with E-state index in [0.29, 0.717) is 19.0 Å². The van der Waals surface area contributed by atoms with E-state index >= 15 is 0 Å². The number of nitrogens with zero attached hydrogens (tertiary/aromatic N) is 3. The first-order chi connectivity index (χ1) is 12.6. The third kappa shape index (κ3) is 4.75. The van der Waals surface area contributed by atoms with Gasteiger partial charge in [-0.05, 0) is 30.4 Å². The molecule has 0 unspecified atom stereocenters. The Morgan fingerprint density at radius 1 is 1.19 bits per heavy atom. The Bertz CT molecular complexity index is 779. The number of rotatable bonds is 6. The SMILES string of the molecule is CSc1ccc(-c2cc(CN3CCNCC3)c(=O)n(CC(C)C)n2)cc1. The molecular formula is C20H28N4OS. The fourth-order valence-corrected chi connectivity index (χ4v) is 3.60. The van der Waals surface area contributed by atoms with Gasteiger partial charge < -0.3 is 5.32 Å². The molecule has 0 radical (unpaired) electrons. The van der Waals surface area contributed by atoms with Crippen LogP contribution in [0.2, 0.25) is 0 Å². The molecule has 1 saturated heterocycles. The van der Waals surface area contributed by atoms with Crippen LogP contribution in [0.4, 0.5) is 0 Å². The summed E-state index contributed by atoms with van der Waals surface area (Å²) in [6.07, 6.45) is 2.07. The van der Waals surface area contributed by atoms with Gasteiger partial charge in [-0.3, -0.25) is 9.69 Å². The van der Waals surface area contributed by atoms with Crippen molar-refractivity contribution in [3.63, 3.8) is 0 Å². The molecule has 1 aromatic heterocycles. The molecule has 0 bridgehead atoms. The van der Waals surface area contributed by atoms with Crippen molar-refractivity contribution < 1.29 is 0 Å². The Labute approximate surface area is 159 Å². The first-order valence-corrected chi connectivity index (χ1v) is 10.5. The van der Waals surface area contributed by atoms with Gasteiger partial charge >= 0.3 is 0 Å². The van der Waals surface area contributed by atoms with Crippen LogP contribution in [-0.4, -0.2) is 47.1 Å². The largest absolute Gasteiger partial charge is 0.314 e. The molecular weight excluding hydrogens is 344 g/mol. The molecule has 0 saturated carbocycles. The molecule has 26 heavy (non-hydrogen) atoms. The normalized spacial score (nSPS) is 15.5. The highest BCUT2D eigenvalue weighted by Crippen LogP contribution is 2.22. The van der Waals surface area contributed by atoms with Crippen LogP contribution >= 0.6 is 11.8 Å². The second kappa shape index (κ2) is 8.84. The van der Waals surface area contributed by atoms with E-state index in [1.807, 2.05) is 6.07 Å². The Morgan fingerprint density at radius 3 is 2.50 bits per heavy atom. The molecule has 1 aliphatic rings. The van der Waals surface area contributed by atoms with E-state index in [1.54, 1.807) is 16.4 Å². The summed E-state index contributed by atoms with van der Waals surface area (Å²) in [6, 6.07) is 10.4. The first-order valence-electron chi connectivity index (χ1n) is 9.25. The van der Waals surface area contributed by atoms with Crippen LogP contribution in [0.5, 0.6) is 0 Å². The molecule has 0 aliphatic carbocycles. The summed E-state index contributed by atoms with van der Waals surface area (Å²) >= 11 is 1.72. The summed E-state index contributed by atoms with van der Waals surface area (Å²) in [7, 11) is 0. The number of hydrogen-bond acceptors (Lipinski definition) is 5. The Kier molecular flexibility index (Phi) is 6.51. The second-order valence-corrected chi connectivity index (χ2v) is 8.07. The van der Waals surface area contributed by atoms with Gasteiger partial charge in [0, 0.05) is 55.3 Å². The lowest BCUT2D eigenvalue weighted by Crippen LogP contribution is -2.44. The Hall–Kier alpha value is -1.63. The average Bonchev–Trinajstić information content (AvgIpc) is 2.65. The highest BCUT2D eigenvalue weighted by molar-refractivity contribution is 7.98. The first kappa shape index (κ1) is 19.1. The van der Waals surface area contributed by atoms with Crippen molar-refractivity contribution in [2.45, 2.75) is 31.8 Å². The molecule has 1 aliphatic heterocycles. The van der Waals surface area contributed by atoms with Gasteiger partial charge in [0.25, 0.3) is 5.56 Å². The molecule has 0 amide bonds. The molecule has 140 valence electrons. The van der Waals surface area contributed by atoms with Gasteiger partial charge in [0.2, 0.25) is 0 Å². The van der Waals surface area contributed by atoms with E-state index < -0.39 is 0 Å². The van der Waals surface area contributed by atoms with Crippen molar-refractivity contribution in [3.05, 3.63) is 46.2 Å². The van der Waals surface area contributed by atoms with E-state index in [2.05, 4.69) is 59.7 Å². The summed E-state index contributed by atoms with van der Waals surface area (Å²) in [4.78, 5) is 16.5. The topological polar surface area (TPSA) is 50.2 Å². The monoisotopic (exact) mass is 372 g/mol. The van der Waals surface area contributed by atoms with Crippen LogP contribution in [0, 0.1) is 5.92 Å². The van der Waals surface area contributed by atoms with E-state index in [1.165, 1.54) is 4.90 Å². The standard InChI is InChI=1S/C20H28N4OS/c1-15(2)13-24-20(25)17(14-23-10-8-21-9-11-23)12-19(22-24)16-4-6-18(26-3)7-5-16/h4-7,12,15,21H,8-11,13-14H2,1-3H3. The van der Waals surface area contributed by atoms with Crippen LogP contribution < -0.4 is 10.9 Å². The minimum atomic E-state index is 0.0433. The molecule has 1 N–H and O–H groups in total. The zero-order valence-electron chi connectivity index (χ0n) is 15.9. The Morgan fingerprint density at radius 2 is 1.88 bits per heavy atom. The van der Waals surface area contributed by atoms with Crippen LogP contribution in [0.25, 0.3) is 11.3 Å². The van der Waals surface area contributed by atoms with Crippen molar-refractivity contribution in [1.82, 2.24) is 20.0 Å². The van der Waals surface area contributed by atoms with Crippen LogP contribution in [-0.2, 0) is 13.1 Å². The molecule has 1 aromatic carbocycles. The lowest BCUT2D eigenvalue weighted by molar-refractivity contribution is 0.231. The fourth-order valence-electron chi connectivity index (χ4n) is 3.19. The fraction of sp³-hybridized carbons (Fsp3) is 0.500. The molecule has 2 heterocycles. The summed E-state index contributed by atoms with van der Waals surface area (Å²) in [5.41, 5.74) is 2.82. The number of thioether (sulfide) groups is 1. The number of aromatic nitrogens is 2. The molecule has 1 fully saturated rings. The van der Waals surface area contributed by atoms with Gasteiger partial charge in [-0.25, -0.2) is 4.68 Å². The zero-order chi connectivity index (χ0) is 18.5. The van der Waals surface area contributed by atoms with Crippen molar-refractivity contribution in [1.29, 1.82) is 0 Å². The Balaban J connectivity index is 1.96. The smallest absolute Gasteiger partial charge is 0.271 e. The summed E-state index contributed by atoms with van der Waals surface area (Å²) < 4.78 is 1.65. The van der Waals surface area contributed by atoms with Gasteiger partial charge in [0.15, 0.2) is 0 Å². The third-order valence-corrected chi connectivity index (χ3v) is 5.32. The lowest BCUT2D eigenvalue weighted by Gasteiger charge is -2.27. The lowest BCUT2D eigenvalue weighted by atomic mass is 10.1. The third-order valence-electron chi connectivity index (χ3n) is 4.58. The predicted octanol–water partition coefficient (Wildman–Crippen LogP) is 2.69. The maximum atomic E-state index is 12.9. The molecule has 0 spiro atoms. The average molecular weight is 373 g/mol. The molecule has 0 atom stereocenters. The predicted molar refractivity (Wildman–Crippen MR) is 109 cm³/mol. The highest BCUT2D eigenvalue weighted by atomic mass is 32.2. The van der Waals surface area contributed by atoms with Gasteiger partial charge in [-0.1, -0.05) is 26.0 Å². The summed E-state index contributed by atoms with van der Waals surface area (Å²) in [6.45, 7) is 9.48. The van der Waals surface area contributed by atoms with E-state index in [0.717, 1.165) is 43.0 Å². The van der Waals surface area contributed by atoms with Gasteiger partial charge in [0.05, 0.1) is 5.69 Å². The molecule has 3 rings (SSSR count). The maximum Gasteiger partial charge on any atom is 0.271 e. The van der Waals surface area contributed by atoms with Gasteiger partial charge in [-0.15, -0.1) is 11.8 Å². The highest BCUT2D eigenvalue weighted by Gasteiger charge is 2.16. The number of nitrogens with one attached hydrogen (secondary N) is 1. The van der Waals surface area contributed by atoms with E-state index in [9.17, 15) is 4.79 Å². The summed E-state index contributed by atoms with van der Waals surface area (Å²) in [5.74, 6) is 0.376. The maximum absolute atomic E-state index is 12.9. The summed E-state index contributed by atoms with van der Waals surface area (Å²) in [5, 5.41) is 8.02. The number of hydrogen-bond donors (Lipinski definition) is 1. The van der Waals surface area contributed by atoms with Crippen molar-refractivity contribution in [2.75, 3.05) is 32.4 Å². The quantitative estimate of drug-likeness (QED) is 0.790. The second-order valence-electron chi connectivity index (χ2n) is 7.19. The van der Waals surface area contributed by atoms with Crippen molar-refractivity contribution in [3.8, 4) is 11.3 Å². The zero-order valence-corrected chi connectivity index (χ0v) is 16.7. The van der Waals surface area contributed by atoms with Crippen LogP contribution in [0.15, 0.2) is 40.0 Å². The van der Waals surface area contributed by atoms with Crippen molar-refractivity contribution >= 4 is 11.8 Å². The molecule has 5 nitrogen and oxygen atoms in total. The minimum Gasteiger partial charge on any atom is -0.314 e. The van der Waals surface area contributed by atoms with Gasteiger partial charge in [0.1, 0.15) is 0 Å².